The summed E-state index contributed by atoms with van der Waals surface area (Å²) in [5.74, 6) is 7.39. The quantitative estimate of drug-likeness (QED) is 0.653. The average Bonchev–Trinajstić information content (AvgIpc) is 2.51. The molecule has 0 aromatic heterocycles. The van der Waals surface area contributed by atoms with Crippen LogP contribution in [-0.4, -0.2) is 11.9 Å². The third kappa shape index (κ3) is 3.15. The normalized spacial score (nSPS) is 18.7. The first-order valence-electron chi connectivity index (χ1n) is 6.48. The molecule has 1 aliphatic heterocycles. The summed E-state index contributed by atoms with van der Waals surface area (Å²) in [5.41, 5.74) is 3.65. The second kappa shape index (κ2) is 6.46. The Morgan fingerprint density at radius 2 is 2.05 bits per heavy atom. The van der Waals surface area contributed by atoms with E-state index < -0.39 is 0 Å². The topological polar surface area (TPSA) is 47.3 Å². The van der Waals surface area contributed by atoms with Gasteiger partial charge in [0, 0.05) is 20.7 Å². The largest absolute Gasteiger partial charge is 0.486 e. The molecule has 2 atom stereocenters. The van der Waals surface area contributed by atoms with Crippen LogP contribution in [-0.2, 0) is 0 Å². The van der Waals surface area contributed by atoms with Crippen molar-refractivity contribution in [2.75, 3.05) is 5.75 Å². The number of hydrogen-bond acceptors (Lipinski definition) is 4. The summed E-state index contributed by atoms with van der Waals surface area (Å²) in [6.45, 7) is 0. The van der Waals surface area contributed by atoms with Crippen molar-refractivity contribution in [3.63, 3.8) is 0 Å². The maximum Gasteiger partial charge on any atom is 0.133 e. The molecule has 21 heavy (non-hydrogen) atoms. The fourth-order valence-corrected chi connectivity index (χ4v) is 3.80. The van der Waals surface area contributed by atoms with Gasteiger partial charge in [-0.2, -0.15) is 0 Å². The van der Waals surface area contributed by atoms with Gasteiger partial charge in [0.15, 0.2) is 0 Å². The molecule has 2 aromatic carbocycles. The number of nitrogens with two attached hydrogens (primary N) is 1. The Morgan fingerprint density at radius 3 is 2.86 bits per heavy atom. The van der Waals surface area contributed by atoms with E-state index in [0.29, 0.717) is 10.0 Å². The highest BCUT2D eigenvalue weighted by atomic mass is 35.5. The molecule has 0 saturated heterocycles. The van der Waals surface area contributed by atoms with Gasteiger partial charge in [-0.05, 0) is 35.9 Å². The van der Waals surface area contributed by atoms with Crippen molar-refractivity contribution in [1.82, 2.24) is 5.43 Å². The van der Waals surface area contributed by atoms with Crippen molar-refractivity contribution in [2.45, 2.75) is 17.0 Å². The van der Waals surface area contributed by atoms with Crippen LogP contribution < -0.4 is 16.0 Å². The molecule has 3 N–H and O–H groups in total. The van der Waals surface area contributed by atoms with Crippen molar-refractivity contribution < 1.29 is 4.74 Å². The number of thioether (sulfide) groups is 1. The molecule has 2 unspecified atom stereocenters. The number of benzene rings is 2. The first-order valence-corrected chi connectivity index (χ1v) is 8.23. The molecule has 0 bridgehead atoms. The van der Waals surface area contributed by atoms with Crippen molar-refractivity contribution in [1.29, 1.82) is 0 Å². The zero-order valence-corrected chi connectivity index (χ0v) is 13.4. The van der Waals surface area contributed by atoms with Gasteiger partial charge >= 0.3 is 0 Å². The summed E-state index contributed by atoms with van der Waals surface area (Å²) in [7, 11) is 0. The second-order valence-electron chi connectivity index (χ2n) is 4.72. The lowest BCUT2D eigenvalue weighted by molar-refractivity contribution is 0.167. The molecule has 0 aliphatic carbocycles. The molecule has 110 valence electrons. The van der Waals surface area contributed by atoms with Gasteiger partial charge in [-0.25, -0.2) is 5.43 Å². The Kier molecular flexibility index (Phi) is 4.62. The van der Waals surface area contributed by atoms with Gasteiger partial charge in [0.25, 0.3) is 0 Å². The van der Waals surface area contributed by atoms with Crippen LogP contribution >= 0.6 is 35.0 Å². The van der Waals surface area contributed by atoms with E-state index in [1.807, 2.05) is 30.3 Å². The first-order chi connectivity index (χ1) is 10.2. The van der Waals surface area contributed by atoms with Crippen molar-refractivity contribution >= 4 is 35.0 Å². The van der Waals surface area contributed by atoms with Crippen LogP contribution in [0.1, 0.15) is 11.6 Å². The number of nitrogens with one attached hydrogen (secondary N) is 1. The average molecular weight is 341 g/mol. The van der Waals surface area contributed by atoms with Crippen molar-refractivity contribution in [3.8, 4) is 5.75 Å². The molecule has 1 aliphatic rings. The Labute approximate surface area is 137 Å². The predicted octanol–water partition coefficient (Wildman–Crippen LogP) is 4.05. The first kappa shape index (κ1) is 15.0. The molecule has 0 spiro atoms. The molecular weight excluding hydrogens is 327 g/mol. The molecule has 0 fully saturated rings. The summed E-state index contributed by atoms with van der Waals surface area (Å²) in [6.07, 6.45) is -0.120. The number of hydrogen-bond donors (Lipinski definition) is 2. The van der Waals surface area contributed by atoms with E-state index in [2.05, 4.69) is 5.43 Å². The molecule has 6 heteroatoms. The lowest BCUT2D eigenvalue weighted by atomic mass is 10.0. The highest BCUT2D eigenvalue weighted by molar-refractivity contribution is 7.99. The van der Waals surface area contributed by atoms with E-state index in [4.69, 9.17) is 33.8 Å². The number of fused-ring (bicyclic) bond motifs is 1. The summed E-state index contributed by atoms with van der Waals surface area (Å²) in [4.78, 5) is 1.14. The molecule has 3 rings (SSSR count). The fourth-order valence-electron chi connectivity index (χ4n) is 2.35. The lowest BCUT2D eigenvalue weighted by Crippen LogP contribution is -2.42. The van der Waals surface area contributed by atoms with Gasteiger partial charge in [0.1, 0.15) is 11.9 Å². The number of ether oxygens (including phenoxy) is 1. The fraction of sp³-hybridized carbons (Fsp3) is 0.200. The monoisotopic (exact) mass is 340 g/mol. The smallest absolute Gasteiger partial charge is 0.133 e. The Balaban J connectivity index is 1.90. The van der Waals surface area contributed by atoms with Crippen LogP contribution in [0, 0.1) is 0 Å². The summed E-state index contributed by atoms with van der Waals surface area (Å²) in [5, 5.41) is 1.24. The van der Waals surface area contributed by atoms with E-state index in [0.717, 1.165) is 22.0 Å². The van der Waals surface area contributed by atoms with Crippen LogP contribution in [0.25, 0.3) is 0 Å². The Hall–Kier alpha value is -0.910. The van der Waals surface area contributed by atoms with Gasteiger partial charge < -0.3 is 4.74 Å². The van der Waals surface area contributed by atoms with Crippen LogP contribution in [0.15, 0.2) is 47.4 Å². The molecule has 0 radical (unpaired) electrons. The number of rotatable bonds is 3. The van der Waals surface area contributed by atoms with E-state index in [9.17, 15) is 0 Å². The zero-order chi connectivity index (χ0) is 14.8. The number of halogens is 2. The van der Waals surface area contributed by atoms with Gasteiger partial charge in [-0.15, -0.1) is 11.8 Å². The van der Waals surface area contributed by atoms with Gasteiger partial charge in [-0.3, -0.25) is 5.84 Å². The van der Waals surface area contributed by atoms with Crippen LogP contribution in [0.2, 0.25) is 10.0 Å². The maximum atomic E-state index is 6.27. The molecule has 0 saturated carbocycles. The summed E-state index contributed by atoms with van der Waals surface area (Å²) >= 11 is 14.1. The predicted molar refractivity (Wildman–Crippen MR) is 88.1 cm³/mol. The van der Waals surface area contributed by atoms with Gasteiger partial charge in [0.05, 0.1) is 6.04 Å². The summed E-state index contributed by atoms with van der Waals surface area (Å²) in [6, 6.07) is 13.1. The molecular formula is C15H14Cl2N2OS. The SMILES string of the molecule is NNC(c1cc(Cl)ccc1Cl)C1CSc2ccccc2O1. The molecule has 2 aromatic rings. The van der Waals surface area contributed by atoms with Gasteiger partial charge in [-0.1, -0.05) is 35.3 Å². The Bertz CT molecular complexity index is 653. The van der Waals surface area contributed by atoms with Crippen molar-refractivity contribution in [2.24, 2.45) is 5.84 Å². The minimum atomic E-state index is -0.225. The highest BCUT2D eigenvalue weighted by Gasteiger charge is 2.30. The standard InChI is InChI=1S/C15H14Cl2N2OS/c16-9-5-6-11(17)10(7-9)15(19-18)13-8-21-14-4-2-1-3-12(14)20-13/h1-7,13,15,19H,8,18H2. The summed E-state index contributed by atoms with van der Waals surface area (Å²) < 4.78 is 6.07. The van der Waals surface area contributed by atoms with Crippen LogP contribution in [0.3, 0.4) is 0 Å². The number of hydrazine groups is 1. The zero-order valence-electron chi connectivity index (χ0n) is 11.1. The molecule has 0 amide bonds. The molecule has 1 heterocycles. The van der Waals surface area contributed by atoms with E-state index >= 15 is 0 Å². The highest BCUT2D eigenvalue weighted by Crippen LogP contribution is 2.39. The minimum absolute atomic E-state index is 0.120. The maximum absolute atomic E-state index is 6.27. The third-order valence-electron chi connectivity index (χ3n) is 3.38. The van der Waals surface area contributed by atoms with Crippen molar-refractivity contribution in [3.05, 3.63) is 58.1 Å². The van der Waals surface area contributed by atoms with Crippen LogP contribution in [0.5, 0.6) is 5.75 Å². The Morgan fingerprint density at radius 1 is 1.24 bits per heavy atom. The van der Waals surface area contributed by atoms with Gasteiger partial charge in [0.2, 0.25) is 0 Å². The van der Waals surface area contributed by atoms with Crippen LogP contribution in [0.4, 0.5) is 0 Å². The molecule has 3 nitrogen and oxygen atoms in total. The van der Waals surface area contributed by atoms with E-state index in [1.54, 1.807) is 23.9 Å². The minimum Gasteiger partial charge on any atom is -0.486 e. The number of para-hydroxylation sites is 1. The second-order valence-corrected chi connectivity index (χ2v) is 6.63. The lowest BCUT2D eigenvalue weighted by Gasteiger charge is -2.32. The van der Waals surface area contributed by atoms with E-state index in [1.165, 1.54) is 0 Å². The van der Waals surface area contributed by atoms with E-state index in [-0.39, 0.29) is 12.1 Å². The third-order valence-corrected chi connectivity index (χ3v) is 5.10.